The molecule has 0 aliphatic heterocycles. The van der Waals surface area contributed by atoms with Crippen LogP contribution in [0.15, 0.2) is 18.2 Å². The predicted octanol–water partition coefficient (Wildman–Crippen LogP) is 1.23. The molecule has 0 bridgehead atoms. The SMILES string of the molecule is NCCc1cc(F)ccc1OCC(=O)NCC1CC1. The van der Waals surface area contributed by atoms with Crippen molar-refractivity contribution in [1.82, 2.24) is 5.32 Å². The van der Waals surface area contributed by atoms with E-state index >= 15 is 0 Å². The Morgan fingerprint density at radius 3 is 2.95 bits per heavy atom. The number of carbonyl (C=O) groups is 1. The number of nitrogens with two attached hydrogens (primary N) is 1. The summed E-state index contributed by atoms with van der Waals surface area (Å²) in [6.07, 6.45) is 2.91. The Hall–Kier alpha value is -1.62. The van der Waals surface area contributed by atoms with E-state index in [0.717, 1.165) is 6.54 Å². The van der Waals surface area contributed by atoms with Gasteiger partial charge in [-0.05, 0) is 55.5 Å². The summed E-state index contributed by atoms with van der Waals surface area (Å²) < 4.78 is 18.5. The van der Waals surface area contributed by atoms with E-state index in [2.05, 4.69) is 5.32 Å². The van der Waals surface area contributed by atoms with Gasteiger partial charge >= 0.3 is 0 Å². The molecule has 1 aliphatic rings. The first-order chi connectivity index (χ1) is 9.19. The number of nitrogens with one attached hydrogen (secondary N) is 1. The fourth-order valence-corrected chi connectivity index (χ4v) is 1.81. The van der Waals surface area contributed by atoms with E-state index in [0.29, 0.717) is 30.2 Å². The molecule has 1 fully saturated rings. The zero-order valence-corrected chi connectivity index (χ0v) is 10.8. The van der Waals surface area contributed by atoms with Gasteiger partial charge in [-0.3, -0.25) is 4.79 Å². The first kappa shape index (κ1) is 13.8. The van der Waals surface area contributed by atoms with E-state index < -0.39 is 0 Å². The number of carbonyl (C=O) groups excluding carboxylic acids is 1. The third kappa shape index (κ3) is 4.52. The predicted molar refractivity (Wildman–Crippen MR) is 70.4 cm³/mol. The number of ether oxygens (including phenoxy) is 1. The molecule has 0 saturated heterocycles. The fraction of sp³-hybridized carbons (Fsp3) is 0.500. The standard InChI is InChI=1S/C14H19FN2O2/c15-12-3-4-13(11(7-12)5-6-16)19-9-14(18)17-8-10-1-2-10/h3-4,7,10H,1-2,5-6,8-9,16H2,(H,17,18). The van der Waals surface area contributed by atoms with Gasteiger partial charge in [0.2, 0.25) is 0 Å². The molecule has 0 heterocycles. The van der Waals surface area contributed by atoms with Gasteiger partial charge in [0, 0.05) is 6.54 Å². The smallest absolute Gasteiger partial charge is 0.257 e. The Morgan fingerprint density at radius 1 is 1.47 bits per heavy atom. The first-order valence-corrected chi connectivity index (χ1v) is 6.57. The Balaban J connectivity index is 1.84. The summed E-state index contributed by atoms with van der Waals surface area (Å²) >= 11 is 0. The lowest BCUT2D eigenvalue weighted by Crippen LogP contribution is -2.30. The molecule has 0 atom stereocenters. The maximum atomic E-state index is 13.1. The van der Waals surface area contributed by atoms with Crippen molar-refractivity contribution in [3.63, 3.8) is 0 Å². The van der Waals surface area contributed by atoms with Crippen LogP contribution in [0.25, 0.3) is 0 Å². The Labute approximate surface area is 112 Å². The van der Waals surface area contributed by atoms with Crippen LogP contribution in [0.2, 0.25) is 0 Å². The van der Waals surface area contributed by atoms with Crippen LogP contribution in [0, 0.1) is 11.7 Å². The molecule has 0 radical (unpaired) electrons. The van der Waals surface area contributed by atoms with Gasteiger partial charge in [-0.15, -0.1) is 0 Å². The highest BCUT2D eigenvalue weighted by atomic mass is 19.1. The molecular weight excluding hydrogens is 247 g/mol. The Bertz CT molecular complexity index is 447. The highest BCUT2D eigenvalue weighted by molar-refractivity contribution is 5.77. The molecule has 5 heteroatoms. The molecule has 1 aromatic carbocycles. The summed E-state index contributed by atoms with van der Waals surface area (Å²) in [5.41, 5.74) is 6.16. The third-order valence-electron chi connectivity index (χ3n) is 3.08. The number of hydrogen-bond donors (Lipinski definition) is 2. The van der Waals surface area contributed by atoms with Crippen LogP contribution in [-0.2, 0) is 11.2 Å². The maximum Gasteiger partial charge on any atom is 0.257 e. The van der Waals surface area contributed by atoms with E-state index in [9.17, 15) is 9.18 Å². The van der Waals surface area contributed by atoms with Gasteiger partial charge in [0.25, 0.3) is 5.91 Å². The van der Waals surface area contributed by atoms with Crippen molar-refractivity contribution >= 4 is 5.91 Å². The summed E-state index contributed by atoms with van der Waals surface area (Å²) in [7, 11) is 0. The van der Waals surface area contributed by atoms with E-state index in [1.54, 1.807) is 0 Å². The molecule has 104 valence electrons. The molecular formula is C14H19FN2O2. The lowest BCUT2D eigenvalue weighted by Gasteiger charge is -2.11. The van der Waals surface area contributed by atoms with Gasteiger partial charge in [-0.2, -0.15) is 0 Å². The third-order valence-corrected chi connectivity index (χ3v) is 3.08. The molecule has 2 rings (SSSR count). The Kier molecular flexibility index (Phi) is 4.74. The van der Waals surface area contributed by atoms with Crippen molar-refractivity contribution in [3.05, 3.63) is 29.6 Å². The number of halogens is 1. The lowest BCUT2D eigenvalue weighted by molar-refractivity contribution is -0.123. The minimum Gasteiger partial charge on any atom is -0.483 e. The van der Waals surface area contributed by atoms with Crippen LogP contribution in [0.3, 0.4) is 0 Å². The normalized spacial score (nSPS) is 14.2. The van der Waals surface area contributed by atoms with Crippen molar-refractivity contribution in [1.29, 1.82) is 0 Å². The minimum absolute atomic E-state index is 0.0457. The van der Waals surface area contributed by atoms with E-state index in [1.165, 1.54) is 31.0 Å². The van der Waals surface area contributed by atoms with Crippen LogP contribution < -0.4 is 15.8 Å². The van der Waals surface area contributed by atoms with Crippen molar-refractivity contribution < 1.29 is 13.9 Å². The van der Waals surface area contributed by atoms with E-state index in [-0.39, 0.29) is 18.3 Å². The molecule has 1 aliphatic carbocycles. The van der Waals surface area contributed by atoms with Crippen molar-refractivity contribution in [2.75, 3.05) is 19.7 Å². The van der Waals surface area contributed by atoms with Gasteiger partial charge in [-0.1, -0.05) is 0 Å². The van der Waals surface area contributed by atoms with Crippen LogP contribution in [0.4, 0.5) is 4.39 Å². The summed E-state index contributed by atoms with van der Waals surface area (Å²) in [6, 6.07) is 4.25. The topological polar surface area (TPSA) is 64.3 Å². The highest BCUT2D eigenvalue weighted by Crippen LogP contribution is 2.27. The van der Waals surface area contributed by atoms with E-state index in [1.807, 2.05) is 0 Å². The summed E-state index contributed by atoms with van der Waals surface area (Å²) in [5.74, 6) is 0.694. The summed E-state index contributed by atoms with van der Waals surface area (Å²) in [6.45, 7) is 1.09. The molecule has 1 aromatic rings. The monoisotopic (exact) mass is 266 g/mol. The van der Waals surface area contributed by atoms with Crippen molar-refractivity contribution in [2.45, 2.75) is 19.3 Å². The lowest BCUT2D eigenvalue weighted by atomic mass is 10.1. The quantitative estimate of drug-likeness (QED) is 0.780. The van der Waals surface area contributed by atoms with Gasteiger partial charge < -0.3 is 15.8 Å². The number of rotatable bonds is 7. The molecule has 0 spiro atoms. The minimum atomic E-state index is -0.325. The van der Waals surface area contributed by atoms with Gasteiger partial charge in [0.05, 0.1) is 0 Å². The average Bonchev–Trinajstić information content (AvgIpc) is 3.20. The Morgan fingerprint density at radius 2 is 2.26 bits per heavy atom. The summed E-state index contributed by atoms with van der Waals surface area (Å²) in [4.78, 5) is 11.5. The molecule has 19 heavy (non-hydrogen) atoms. The van der Waals surface area contributed by atoms with Gasteiger partial charge in [0.15, 0.2) is 6.61 Å². The average molecular weight is 266 g/mol. The van der Waals surface area contributed by atoms with Crippen LogP contribution in [0.1, 0.15) is 18.4 Å². The molecule has 0 aromatic heterocycles. The second-order valence-electron chi connectivity index (χ2n) is 4.83. The van der Waals surface area contributed by atoms with Crippen molar-refractivity contribution in [2.24, 2.45) is 11.7 Å². The molecule has 3 N–H and O–H groups in total. The second-order valence-corrected chi connectivity index (χ2v) is 4.83. The largest absolute Gasteiger partial charge is 0.483 e. The highest BCUT2D eigenvalue weighted by Gasteiger charge is 2.21. The van der Waals surface area contributed by atoms with Crippen molar-refractivity contribution in [3.8, 4) is 5.75 Å². The molecule has 0 unspecified atom stereocenters. The second kappa shape index (κ2) is 6.52. The van der Waals surface area contributed by atoms with Gasteiger partial charge in [-0.25, -0.2) is 4.39 Å². The van der Waals surface area contributed by atoms with Crippen LogP contribution in [-0.4, -0.2) is 25.6 Å². The van der Waals surface area contributed by atoms with Crippen LogP contribution >= 0.6 is 0 Å². The zero-order chi connectivity index (χ0) is 13.7. The van der Waals surface area contributed by atoms with Gasteiger partial charge in [0.1, 0.15) is 11.6 Å². The van der Waals surface area contributed by atoms with Crippen LogP contribution in [0.5, 0.6) is 5.75 Å². The molecule has 4 nitrogen and oxygen atoms in total. The fourth-order valence-electron chi connectivity index (χ4n) is 1.81. The number of hydrogen-bond acceptors (Lipinski definition) is 3. The molecule has 1 saturated carbocycles. The zero-order valence-electron chi connectivity index (χ0n) is 10.8. The van der Waals surface area contributed by atoms with E-state index in [4.69, 9.17) is 10.5 Å². The number of amides is 1. The maximum absolute atomic E-state index is 13.1. The first-order valence-electron chi connectivity index (χ1n) is 6.57. The molecule has 1 amide bonds. The number of benzene rings is 1. The summed E-state index contributed by atoms with van der Waals surface area (Å²) in [5, 5.41) is 2.81.